The number of nitrogens with one attached hydrogen (secondary N) is 2. The average molecular weight is 423 g/mol. The van der Waals surface area contributed by atoms with E-state index in [-0.39, 0.29) is 5.91 Å². The first-order chi connectivity index (χ1) is 12.4. The third-order valence-electron chi connectivity index (χ3n) is 3.53. The van der Waals surface area contributed by atoms with E-state index in [0.29, 0.717) is 28.0 Å². The summed E-state index contributed by atoms with van der Waals surface area (Å²) in [7, 11) is 0. The van der Waals surface area contributed by atoms with Crippen molar-refractivity contribution in [3.05, 3.63) is 58.3 Å². The number of benzene rings is 2. The summed E-state index contributed by atoms with van der Waals surface area (Å²) in [4.78, 5) is 24.6. The van der Waals surface area contributed by atoms with Crippen molar-refractivity contribution in [1.29, 1.82) is 0 Å². The standard InChI is InChI=1S/C19H20BrFN2O3/c1-3-10-22-19(25)14-6-4-5-7-16(14)23-18(24)12(2)26-17-9-8-13(21)11-15(17)20/h4-9,11-12H,3,10H2,1-2H3,(H,22,25)(H,23,24). The van der Waals surface area contributed by atoms with E-state index in [2.05, 4.69) is 26.6 Å². The molecule has 26 heavy (non-hydrogen) atoms. The van der Waals surface area contributed by atoms with Gasteiger partial charge in [0.15, 0.2) is 6.10 Å². The third-order valence-corrected chi connectivity index (χ3v) is 4.15. The zero-order valence-corrected chi connectivity index (χ0v) is 16.1. The van der Waals surface area contributed by atoms with E-state index in [4.69, 9.17) is 4.74 Å². The van der Waals surface area contributed by atoms with Crippen LogP contribution in [0, 0.1) is 5.82 Å². The molecule has 2 rings (SSSR count). The van der Waals surface area contributed by atoms with Crippen LogP contribution in [0.2, 0.25) is 0 Å². The Kier molecular flexibility index (Phi) is 7.15. The van der Waals surface area contributed by atoms with Crippen molar-refractivity contribution in [3.8, 4) is 5.75 Å². The maximum atomic E-state index is 13.1. The number of ether oxygens (including phenoxy) is 1. The molecule has 0 aromatic heterocycles. The zero-order valence-electron chi connectivity index (χ0n) is 14.5. The summed E-state index contributed by atoms with van der Waals surface area (Å²) in [6, 6.07) is 10.7. The van der Waals surface area contributed by atoms with Crippen LogP contribution in [-0.4, -0.2) is 24.5 Å². The molecule has 0 aliphatic heterocycles. The largest absolute Gasteiger partial charge is 0.480 e. The average Bonchev–Trinajstić information content (AvgIpc) is 2.62. The van der Waals surface area contributed by atoms with E-state index in [1.54, 1.807) is 31.2 Å². The lowest BCUT2D eigenvalue weighted by molar-refractivity contribution is -0.122. The van der Waals surface area contributed by atoms with E-state index in [1.165, 1.54) is 18.2 Å². The van der Waals surface area contributed by atoms with E-state index in [0.717, 1.165) is 6.42 Å². The highest BCUT2D eigenvalue weighted by atomic mass is 79.9. The SMILES string of the molecule is CCCNC(=O)c1ccccc1NC(=O)C(C)Oc1ccc(F)cc1Br. The van der Waals surface area contributed by atoms with Gasteiger partial charge in [-0.05, 0) is 59.6 Å². The van der Waals surface area contributed by atoms with Crippen molar-refractivity contribution in [2.24, 2.45) is 0 Å². The van der Waals surface area contributed by atoms with Gasteiger partial charge < -0.3 is 15.4 Å². The van der Waals surface area contributed by atoms with Crippen molar-refractivity contribution in [1.82, 2.24) is 5.32 Å². The normalized spacial score (nSPS) is 11.5. The second-order valence-corrected chi connectivity index (χ2v) is 6.48. The molecule has 2 aromatic carbocycles. The predicted octanol–water partition coefficient (Wildman–Crippen LogP) is 4.13. The van der Waals surface area contributed by atoms with Crippen molar-refractivity contribution in [2.75, 3.05) is 11.9 Å². The first-order valence-corrected chi connectivity index (χ1v) is 9.01. The minimum Gasteiger partial charge on any atom is -0.480 e. The van der Waals surface area contributed by atoms with Gasteiger partial charge in [-0.3, -0.25) is 9.59 Å². The second kappa shape index (κ2) is 9.33. The number of amides is 2. The van der Waals surface area contributed by atoms with Gasteiger partial charge in [-0.2, -0.15) is 0 Å². The highest BCUT2D eigenvalue weighted by Gasteiger charge is 2.19. The summed E-state index contributed by atoms with van der Waals surface area (Å²) >= 11 is 3.20. The molecule has 0 aliphatic rings. The Balaban J connectivity index is 2.08. The summed E-state index contributed by atoms with van der Waals surface area (Å²) in [6.07, 6.45) is -0.0268. The molecule has 0 saturated heterocycles. The van der Waals surface area contributed by atoms with E-state index < -0.39 is 17.8 Å². The Morgan fingerprint density at radius 3 is 2.65 bits per heavy atom. The molecule has 2 amide bonds. The lowest BCUT2D eigenvalue weighted by atomic mass is 10.1. The number of para-hydroxylation sites is 1. The molecule has 7 heteroatoms. The molecule has 0 saturated carbocycles. The lowest BCUT2D eigenvalue weighted by Gasteiger charge is -2.17. The molecule has 1 unspecified atom stereocenters. The highest BCUT2D eigenvalue weighted by Crippen LogP contribution is 2.26. The molecule has 0 heterocycles. The zero-order chi connectivity index (χ0) is 19.1. The molecule has 0 aliphatic carbocycles. The van der Waals surface area contributed by atoms with Crippen LogP contribution < -0.4 is 15.4 Å². The number of hydrogen-bond acceptors (Lipinski definition) is 3. The van der Waals surface area contributed by atoms with Crippen molar-refractivity contribution in [2.45, 2.75) is 26.4 Å². The van der Waals surface area contributed by atoms with Crippen LogP contribution in [0.5, 0.6) is 5.75 Å². The van der Waals surface area contributed by atoms with Crippen LogP contribution >= 0.6 is 15.9 Å². The predicted molar refractivity (Wildman–Crippen MR) is 102 cm³/mol. The maximum absolute atomic E-state index is 13.1. The number of rotatable bonds is 7. The molecule has 0 bridgehead atoms. The van der Waals surface area contributed by atoms with Crippen molar-refractivity contribution in [3.63, 3.8) is 0 Å². The lowest BCUT2D eigenvalue weighted by Crippen LogP contribution is -2.32. The van der Waals surface area contributed by atoms with Crippen LogP contribution in [0.4, 0.5) is 10.1 Å². The molecule has 0 fully saturated rings. The molecular formula is C19H20BrFN2O3. The summed E-state index contributed by atoms with van der Waals surface area (Å²) in [5.41, 5.74) is 0.782. The van der Waals surface area contributed by atoms with Gasteiger partial charge in [0.2, 0.25) is 0 Å². The van der Waals surface area contributed by atoms with Crippen LogP contribution in [-0.2, 0) is 4.79 Å². The van der Waals surface area contributed by atoms with Gasteiger partial charge in [0.25, 0.3) is 11.8 Å². The van der Waals surface area contributed by atoms with Gasteiger partial charge in [-0.1, -0.05) is 19.1 Å². The van der Waals surface area contributed by atoms with Gasteiger partial charge in [0.05, 0.1) is 15.7 Å². The van der Waals surface area contributed by atoms with Gasteiger partial charge in [0.1, 0.15) is 11.6 Å². The molecule has 1 atom stereocenters. The summed E-state index contributed by atoms with van der Waals surface area (Å²) < 4.78 is 19.1. The van der Waals surface area contributed by atoms with Crippen molar-refractivity contribution >= 4 is 33.4 Å². The number of anilines is 1. The smallest absolute Gasteiger partial charge is 0.265 e. The van der Waals surface area contributed by atoms with Crippen LogP contribution in [0.25, 0.3) is 0 Å². The Morgan fingerprint density at radius 2 is 1.96 bits per heavy atom. The molecule has 5 nitrogen and oxygen atoms in total. The molecule has 2 aromatic rings. The fraction of sp³-hybridized carbons (Fsp3) is 0.263. The number of halogens is 2. The third kappa shape index (κ3) is 5.29. The first-order valence-electron chi connectivity index (χ1n) is 8.22. The number of carbonyl (C=O) groups is 2. The van der Waals surface area contributed by atoms with Gasteiger partial charge >= 0.3 is 0 Å². The fourth-order valence-electron chi connectivity index (χ4n) is 2.17. The monoisotopic (exact) mass is 422 g/mol. The highest BCUT2D eigenvalue weighted by molar-refractivity contribution is 9.10. The number of hydrogen-bond donors (Lipinski definition) is 2. The van der Waals surface area contributed by atoms with Gasteiger partial charge in [-0.15, -0.1) is 0 Å². The molecule has 138 valence electrons. The molecule has 0 radical (unpaired) electrons. The Labute approximate surface area is 160 Å². The maximum Gasteiger partial charge on any atom is 0.265 e. The first kappa shape index (κ1) is 19.9. The van der Waals surface area contributed by atoms with Crippen molar-refractivity contribution < 1.29 is 18.7 Å². The van der Waals surface area contributed by atoms with Gasteiger partial charge in [0, 0.05) is 6.54 Å². The minimum atomic E-state index is -0.844. The quantitative estimate of drug-likeness (QED) is 0.704. The molecule has 2 N–H and O–H groups in total. The fourth-order valence-corrected chi connectivity index (χ4v) is 2.62. The Bertz CT molecular complexity index is 798. The number of carbonyl (C=O) groups excluding carboxylic acids is 2. The van der Waals surface area contributed by atoms with E-state index in [1.807, 2.05) is 6.92 Å². The topological polar surface area (TPSA) is 67.4 Å². The van der Waals surface area contributed by atoms with Gasteiger partial charge in [-0.25, -0.2) is 4.39 Å². The molecule has 0 spiro atoms. The Morgan fingerprint density at radius 1 is 1.23 bits per heavy atom. The second-order valence-electron chi connectivity index (χ2n) is 5.63. The van der Waals surface area contributed by atoms with Crippen LogP contribution in [0.1, 0.15) is 30.6 Å². The Hall–Kier alpha value is -2.41. The summed E-state index contributed by atoms with van der Waals surface area (Å²) in [5.74, 6) is -0.731. The van der Waals surface area contributed by atoms with E-state index in [9.17, 15) is 14.0 Å². The van der Waals surface area contributed by atoms with Crippen LogP contribution in [0.15, 0.2) is 46.9 Å². The minimum absolute atomic E-state index is 0.252. The summed E-state index contributed by atoms with van der Waals surface area (Å²) in [5, 5.41) is 5.49. The van der Waals surface area contributed by atoms with E-state index >= 15 is 0 Å². The summed E-state index contributed by atoms with van der Waals surface area (Å²) in [6.45, 7) is 4.09. The molecular weight excluding hydrogens is 403 g/mol. The van der Waals surface area contributed by atoms with Crippen LogP contribution in [0.3, 0.4) is 0 Å².